The zero-order chi connectivity index (χ0) is 14.5. The molecule has 0 unspecified atom stereocenters. The van der Waals surface area contributed by atoms with Crippen molar-refractivity contribution < 1.29 is 14.5 Å². The predicted octanol–water partition coefficient (Wildman–Crippen LogP) is 1.26. The second-order valence-corrected chi connectivity index (χ2v) is 3.86. The molecule has 8 nitrogen and oxygen atoms in total. The molecule has 0 saturated carbocycles. The van der Waals surface area contributed by atoms with Gasteiger partial charge in [0, 0.05) is 18.5 Å². The van der Waals surface area contributed by atoms with Gasteiger partial charge in [-0.3, -0.25) is 14.9 Å². The van der Waals surface area contributed by atoms with Crippen molar-refractivity contribution in [3.8, 4) is 5.75 Å². The number of aromatic nitrogens is 2. The van der Waals surface area contributed by atoms with Crippen LogP contribution in [0, 0.1) is 10.1 Å². The normalized spacial score (nSPS) is 10.1. The summed E-state index contributed by atoms with van der Waals surface area (Å²) in [6.45, 7) is 0.228. The molecular formula is C12H12N4O4. The standard InChI is InChI=1S/C12H12N4O4/c1-20-10-6-8(16(18)19)2-3-9(10)12(17)15-7-11-13-4-5-14-11/h2-6H,7H2,1H3,(H,13,14)(H,15,17). The lowest BCUT2D eigenvalue weighted by Crippen LogP contribution is -2.24. The summed E-state index contributed by atoms with van der Waals surface area (Å²) in [6.07, 6.45) is 3.22. The number of carbonyl (C=O) groups is 1. The number of nitro benzene ring substituents is 1. The van der Waals surface area contributed by atoms with Crippen molar-refractivity contribution in [2.75, 3.05) is 7.11 Å². The van der Waals surface area contributed by atoms with E-state index in [0.29, 0.717) is 5.82 Å². The quantitative estimate of drug-likeness (QED) is 0.631. The Morgan fingerprint density at radius 1 is 1.55 bits per heavy atom. The Morgan fingerprint density at radius 2 is 2.35 bits per heavy atom. The summed E-state index contributed by atoms with van der Waals surface area (Å²) in [5.41, 5.74) is 0.0918. The van der Waals surface area contributed by atoms with Gasteiger partial charge in [-0.2, -0.15) is 0 Å². The van der Waals surface area contributed by atoms with Gasteiger partial charge in [-0.15, -0.1) is 0 Å². The molecule has 0 spiro atoms. The molecule has 8 heteroatoms. The van der Waals surface area contributed by atoms with Gasteiger partial charge in [0.15, 0.2) is 0 Å². The van der Waals surface area contributed by atoms with Crippen LogP contribution in [0.5, 0.6) is 5.75 Å². The molecule has 1 aromatic heterocycles. The highest BCUT2D eigenvalue weighted by Gasteiger charge is 2.16. The molecule has 1 heterocycles. The molecule has 0 radical (unpaired) electrons. The molecule has 20 heavy (non-hydrogen) atoms. The Bertz CT molecular complexity index is 624. The monoisotopic (exact) mass is 276 g/mol. The van der Waals surface area contributed by atoms with E-state index in [0.717, 1.165) is 0 Å². The number of amides is 1. The van der Waals surface area contributed by atoms with Crippen LogP contribution < -0.4 is 10.1 Å². The number of ether oxygens (including phenoxy) is 1. The van der Waals surface area contributed by atoms with Gasteiger partial charge in [-0.1, -0.05) is 0 Å². The summed E-state index contributed by atoms with van der Waals surface area (Å²) in [6, 6.07) is 3.82. The van der Waals surface area contributed by atoms with E-state index >= 15 is 0 Å². The first-order valence-electron chi connectivity index (χ1n) is 5.70. The number of imidazole rings is 1. The molecule has 0 atom stereocenters. The lowest BCUT2D eigenvalue weighted by molar-refractivity contribution is -0.384. The van der Waals surface area contributed by atoms with E-state index in [4.69, 9.17) is 4.74 Å². The molecule has 2 rings (SSSR count). The molecule has 0 bridgehead atoms. The SMILES string of the molecule is COc1cc([N+](=O)[O-])ccc1C(=O)NCc1ncc[nH]1. The van der Waals surface area contributed by atoms with E-state index in [1.54, 1.807) is 12.4 Å². The van der Waals surface area contributed by atoms with Crippen molar-refractivity contribution in [2.45, 2.75) is 6.54 Å². The first-order valence-corrected chi connectivity index (χ1v) is 5.70. The molecule has 2 N–H and O–H groups in total. The lowest BCUT2D eigenvalue weighted by Gasteiger charge is -2.08. The maximum Gasteiger partial charge on any atom is 0.273 e. The minimum atomic E-state index is -0.549. The van der Waals surface area contributed by atoms with Gasteiger partial charge in [0.1, 0.15) is 11.6 Å². The van der Waals surface area contributed by atoms with Crippen LogP contribution in [0.15, 0.2) is 30.6 Å². The summed E-state index contributed by atoms with van der Waals surface area (Å²) < 4.78 is 5.01. The Labute approximate surface area is 113 Å². The number of carbonyl (C=O) groups excluding carboxylic acids is 1. The van der Waals surface area contributed by atoms with E-state index in [9.17, 15) is 14.9 Å². The molecule has 0 aliphatic carbocycles. The van der Waals surface area contributed by atoms with Crippen LogP contribution in [-0.4, -0.2) is 27.9 Å². The van der Waals surface area contributed by atoms with Crippen LogP contribution >= 0.6 is 0 Å². The predicted molar refractivity (Wildman–Crippen MR) is 69.4 cm³/mol. The van der Waals surface area contributed by atoms with Gasteiger partial charge >= 0.3 is 0 Å². The summed E-state index contributed by atoms with van der Waals surface area (Å²) in [4.78, 5) is 28.9. The summed E-state index contributed by atoms with van der Waals surface area (Å²) >= 11 is 0. The van der Waals surface area contributed by atoms with Crippen molar-refractivity contribution in [2.24, 2.45) is 0 Å². The number of benzene rings is 1. The third-order valence-corrected chi connectivity index (χ3v) is 2.61. The smallest absolute Gasteiger partial charge is 0.273 e. The highest BCUT2D eigenvalue weighted by Crippen LogP contribution is 2.24. The second-order valence-electron chi connectivity index (χ2n) is 3.86. The number of aromatic amines is 1. The lowest BCUT2D eigenvalue weighted by atomic mass is 10.1. The molecule has 0 aliphatic heterocycles. The van der Waals surface area contributed by atoms with Crippen LogP contribution in [0.25, 0.3) is 0 Å². The van der Waals surface area contributed by atoms with Crippen LogP contribution in [0.3, 0.4) is 0 Å². The van der Waals surface area contributed by atoms with Crippen molar-refractivity contribution in [3.05, 3.63) is 52.1 Å². The molecule has 104 valence electrons. The van der Waals surface area contributed by atoms with Crippen molar-refractivity contribution in [3.63, 3.8) is 0 Å². The highest BCUT2D eigenvalue weighted by atomic mass is 16.6. The largest absolute Gasteiger partial charge is 0.496 e. The van der Waals surface area contributed by atoms with Gasteiger partial charge in [0.2, 0.25) is 0 Å². The third-order valence-electron chi connectivity index (χ3n) is 2.61. The second kappa shape index (κ2) is 5.83. The van der Waals surface area contributed by atoms with Gasteiger partial charge in [0.05, 0.1) is 30.2 Å². The zero-order valence-corrected chi connectivity index (χ0v) is 10.6. The minimum Gasteiger partial charge on any atom is -0.496 e. The van der Waals surface area contributed by atoms with Gasteiger partial charge < -0.3 is 15.0 Å². The van der Waals surface area contributed by atoms with Crippen molar-refractivity contribution >= 4 is 11.6 Å². The van der Waals surface area contributed by atoms with Crippen LogP contribution in [0.1, 0.15) is 16.2 Å². The Hall–Kier alpha value is -2.90. The zero-order valence-electron chi connectivity index (χ0n) is 10.6. The Kier molecular flexibility index (Phi) is 3.94. The molecule has 2 aromatic rings. The summed E-state index contributed by atoms with van der Waals surface area (Å²) in [5, 5.41) is 13.3. The fourth-order valence-electron chi connectivity index (χ4n) is 1.63. The minimum absolute atomic E-state index is 0.135. The number of H-pyrrole nitrogens is 1. The number of hydrogen-bond acceptors (Lipinski definition) is 5. The number of rotatable bonds is 5. The van der Waals surface area contributed by atoms with Gasteiger partial charge in [-0.25, -0.2) is 4.98 Å². The van der Waals surface area contributed by atoms with Crippen LogP contribution in [-0.2, 0) is 6.54 Å². The van der Waals surface area contributed by atoms with Gasteiger partial charge in [0.25, 0.3) is 11.6 Å². The number of non-ortho nitro benzene ring substituents is 1. The Morgan fingerprint density at radius 3 is 2.95 bits per heavy atom. The van der Waals surface area contributed by atoms with Crippen molar-refractivity contribution in [1.29, 1.82) is 0 Å². The first kappa shape index (κ1) is 13.5. The molecule has 1 amide bonds. The third kappa shape index (κ3) is 2.91. The van der Waals surface area contributed by atoms with Crippen LogP contribution in [0.4, 0.5) is 5.69 Å². The molecule has 0 aliphatic rings. The first-order chi connectivity index (χ1) is 9.61. The topological polar surface area (TPSA) is 110 Å². The molecule has 0 fully saturated rings. The summed E-state index contributed by atoms with van der Waals surface area (Å²) in [7, 11) is 1.35. The van der Waals surface area contributed by atoms with Crippen molar-refractivity contribution in [1.82, 2.24) is 15.3 Å². The molecular weight excluding hydrogens is 264 g/mol. The molecule has 0 saturated heterocycles. The van der Waals surface area contributed by atoms with Crippen LogP contribution in [0.2, 0.25) is 0 Å². The fraction of sp³-hybridized carbons (Fsp3) is 0.167. The summed E-state index contributed by atoms with van der Waals surface area (Å²) in [5.74, 6) is 0.364. The number of nitro groups is 1. The number of hydrogen-bond donors (Lipinski definition) is 2. The Balaban J connectivity index is 2.14. The van der Waals surface area contributed by atoms with E-state index < -0.39 is 10.8 Å². The highest BCUT2D eigenvalue weighted by molar-refractivity contribution is 5.97. The average Bonchev–Trinajstić information content (AvgIpc) is 2.97. The number of nitrogens with zero attached hydrogens (tertiary/aromatic N) is 2. The van der Waals surface area contributed by atoms with E-state index in [-0.39, 0.29) is 23.5 Å². The van der Waals surface area contributed by atoms with E-state index in [1.165, 1.54) is 25.3 Å². The fourth-order valence-corrected chi connectivity index (χ4v) is 1.63. The molecule has 1 aromatic carbocycles. The maximum atomic E-state index is 12.0. The van der Waals surface area contributed by atoms with E-state index in [2.05, 4.69) is 15.3 Å². The number of nitrogens with one attached hydrogen (secondary N) is 2. The average molecular weight is 276 g/mol. The van der Waals surface area contributed by atoms with E-state index in [1.807, 2.05) is 0 Å². The number of methoxy groups -OCH3 is 1. The maximum absolute atomic E-state index is 12.0. The van der Waals surface area contributed by atoms with Gasteiger partial charge in [-0.05, 0) is 6.07 Å².